The van der Waals surface area contributed by atoms with Gasteiger partial charge < -0.3 is 14.6 Å². The Morgan fingerprint density at radius 2 is 2.00 bits per heavy atom. The predicted octanol–water partition coefficient (Wildman–Crippen LogP) is 1.56. The van der Waals surface area contributed by atoms with Gasteiger partial charge >= 0.3 is 0 Å². The van der Waals surface area contributed by atoms with Crippen molar-refractivity contribution in [3.8, 4) is 0 Å². The van der Waals surface area contributed by atoms with Gasteiger partial charge in [0.2, 0.25) is 0 Å². The average Bonchev–Trinajstić information content (AvgIpc) is 2.20. The summed E-state index contributed by atoms with van der Waals surface area (Å²) in [7, 11) is 0. The van der Waals surface area contributed by atoms with Crippen molar-refractivity contribution in [1.82, 2.24) is 0 Å². The van der Waals surface area contributed by atoms with Gasteiger partial charge in [-0.2, -0.15) is 0 Å². The fourth-order valence-corrected chi connectivity index (χ4v) is 1.08. The molecule has 0 aliphatic carbocycles. The molecule has 0 saturated carbocycles. The number of hydrogen-bond donors (Lipinski definition) is 1. The Bertz CT molecular complexity index is 236. The fourth-order valence-electron chi connectivity index (χ4n) is 1.08. The van der Waals surface area contributed by atoms with E-state index in [1.807, 2.05) is 37.3 Å². The second kappa shape index (κ2) is 6.54. The van der Waals surface area contributed by atoms with Crippen LogP contribution < -0.4 is 0 Å². The minimum atomic E-state index is -0.788. The summed E-state index contributed by atoms with van der Waals surface area (Å²) in [5.74, 6) is 0. The maximum Gasteiger partial charge on any atom is 0.161 e. The first-order chi connectivity index (χ1) is 6.83. The molecule has 0 aliphatic heterocycles. The molecule has 14 heavy (non-hydrogen) atoms. The molecule has 0 spiro atoms. The molecule has 0 aliphatic rings. The number of rotatable bonds is 6. The first-order valence-corrected chi connectivity index (χ1v) is 4.74. The van der Waals surface area contributed by atoms with Crippen LogP contribution in [-0.4, -0.2) is 24.8 Å². The smallest absolute Gasteiger partial charge is 0.161 e. The quantitative estimate of drug-likeness (QED) is 0.554. The first-order valence-electron chi connectivity index (χ1n) is 4.74. The van der Waals surface area contributed by atoms with Crippen LogP contribution in [0.4, 0.5) is 0 Å². The highest BCUT2D eigenvalue weighted by molar-refractivity contribution is 5.14. The van der Waals surface area contributed by atoms with Crippen LogP contribution in [0.25, 0.3) is 0 Å². The summed E-state index contributed by atoms with van der Waals surface area (Å²) in [6.45, 7) is 2.62. The highest BCUT2D eigenvalue weighted by Gasteiger charge is 2.04. The van der Waals surface area contributed by atoms with E-state index in [4.69, 9.17) is 9.47 Å². The Morgan fingerprint density at radius 3 is 2.64 bits per heavy atom. The lowest BCUT2D eigenvalue weighted by molar-refractivity contribution is -0.166. The molecule has 0 fully saturated rings. The summed E-state index contributed by atoms with van der Waals surface area (Å²) in [5.41, 5.74) is 1.05. The van der Waals surface area contributed by atoms with E-state index in [0.29, 0.717) is 13.0 Å². The fraction of sp³-hybridized carbons (Fsp3) is 0.455. The zero-order valence-corrected chi connectivity index (χ0v) is 8.35. The lowest BCUT2D eigenvalue weighted by atomic mass is 10.1. The largest absolute Gasteiger partial charge is 0.368 e. The summed E-state index contributed by atoms with van der Waals surface area (Å²) in [5, 5.41) is 9.43. The van der Waals surface area contributed by atoms with Gasteiger partial charge in [0.1, 0.15) is 6.79 Å². The highest BCUT2D eigenvalue weighted by Crippen LogP contribution is 2.03. The third-order valence-corrected chi connectivity index (χ3v) is 1.80. The molecule has 0 bridgehead atoms. The van der Waals surface area contributed by atoms with E-state index >= 15 is 0 Å². The van der Waals surface area contributed by atoms with Crippen LogP contribution in [0.1, 0.15) is 12.5 Å². The van der Waals surface area contributed by atoms with Crippen molar-refractivity contribution < 1.29 is 14.6 Å². The van der Waals surface area contributed by atoms with Crippen molar-refractivity contribution in [2.75, 3.05) is 13.4 Å². The number of aliphatic hydroxyl groups is 1. The van der Waals surface area contributed by atoms with Crippen LogP contribution >= 0.6 is 0 Å². The SMILES string of the molecule is CCOCOC(O)Cc1ccccc1. The molecular formula is C11H16O3. The molecule has 3 nitrogen and oxygen atoms in total. The molecule has 1 N–H and O–H groups in total. The van der Waals surface area contributed by atoms with Crippen LogP contribution in [0.5, 0.6) is 0 Å². The molecule has 78 valence electrons. The van der Waals surface area contributed by atoms with Gasteiger partial charge in [0.25, 0.3) is 0 Å². The van der Waals surface area contributed by atoms with Gasteiger partial charge in [-0.3, -0.25) is 0 Å². The van der Waals surface area contributed by atoms with E-state index < -0.39 is 6.29 Å². The van der Waals surface area contributed by atoms with E-state index in [9.17, 15) is 5.11 Å². The molecule has 1 aromatic carbocycles. The zero-order chi connectivity index (χ0) is 10.2. The van der Waals surface area contributed by atoms with Crippen molar-refractivity contribution in [1.29, 1.82) is 0 Å². The van der Waals surface area contributed by atoms with Crippen LogP contribution in [0.3, 0.4) is 0 Å². The summed E-state index contributed by atoms with van der Waals surface area (Å²) in [4.78, 5) is 0. The van der Waals surface area contributed by atoms with E-state index in [1.54, 1.807) is 0 Å². The molecule has 0 amide bonds. The number of aliphatic hydroxyl groups excluding tert-OH is 1. The van der Waals surface area contributed by atoms with Crippen LogP contribution in [0.15, 0.2) is 30.3 Å². The van der Waals surface area contributed by atoms with Crippen molar-refractivity contribution in [3.63, 3.8) is 0 Å². The van der Waals surface area contributed by atoms with Crippen molar-refractivity contribution in [2.45, 2.75) is 19.6 Å². The zero-order valence-electron chi connectivity index (χ0n) is 8.35. The van der Waals surface area contributed by atoms with Gasteiger partial charge in [0.05, 0.1) is 0 Å². The van der Waals surface area contributed by atoms with Crippen LogP contribution in [0.2, 0.25) is 0 Å². The van der Waals surface area contributed by atoms with Crippen molar-refractivity contribution in [2.24, 2.45) is 0 Å². The molecule has 1 rings (SSSR count). The maximum atomic E-state index is 9.43. The summed E-state index contributed by atoms with van der Waals surface area (Å²) < 4.78 is 9.98. The molecule has 0 heterocycles. The molecule has 1 atom stereocenters. The van der Waals surface area contributed by atoms with Gasteiger partial charge in [-0.05, 0) is 12.5 Å². The normalized spacial score (nSPS) is 12.7. The van der Waals surface area contributed by atoms with E-state index in [1.165, 1.54) is 0 Å². The standard InChI is InChI=1S/C11H16O3/c1-2-13-9-14-11(12)8-10-6-4-3-5-7-10/h3-7,11-12H,2,8-9H2,1H3. The van der Waals surface area contributed by atoms with Gasteiger partial charge in [0, 0.05) is 13.0 Å². The second-order valence-electron chi connectivity index (χ2n) is 2.92. The van der Waals surface area contributed by atoms with E-state index in [-0.39, 0.29) is 6.79 Å². The minimum Gasteiger partial charge on any atom is -0.368 e. The van der Waals surface area contributed by atoms with Gasteiger partial charge in [-0.1, -0.05) is 30.3 Å². The number of hydrogen-bond acceptors (Lipinski definition) is 3. The summed E-state index contributed by atoms with van der Waals surface area (Å²) >= 11 is 0. The monoisotopic (exact) mass is 196 g/mol. The Balaban J connectivity index is 2.23. The topological polar surface area (TPSA) is 38.7 Å². The van der Waals surface area contributed by atoms with E-state index in [0.717, 1.165) is 5.56 Å². The average molecular weight is 196 g/mol. The number of ether oxygens (including phenoxy) is 2. The van der Waals surface area contributed by atoms with Crippen molar-refractivity contribution in [3.05, 3.63) is 35.9 Å². The molecule has 3 heteroatoms. The third kappa shape index (κ3) is 4.37. The molecule has 1 unspecified atom stereocenters. The Morgan fingerprint density at radius 1 is 1.29 bits per heavy atom. The highest BCUT2D eigenvalue weighted by atomic mass is 16.7. The predicted molar refractivity (Wildman–Crippen MR) is 53.7 cm³/mol. The van der Waals surface area contributed by atoms with Crippen molar-refractivity contribution >= 4 is 0 Å². The molecular weight excluding hydrogens is 180 g/mol. The molecule has 1 aromatic rings. The lowest BCUT2D eigenvalue weighted by Gasteiger charge is -2.11. The first kappa shape index (κ1) is 11.2. The Kier molecular flexibility index (Phi) is 5.22. The van der Waals surface area contributed by atoms with Gasteiger partial charge in [0.15, 0.2) is 6.29 Å². The number of benzene rings is 1. The Labute approximate surface area is 84.3 Å². The van der Waals surface area contributed by atoms with Crippen LogP contribution in [-0.2, 0) is 15.9 Å². The summed E-state index contributed by atoms with van der Waals surface area (Å²) in [6, 6.07) is 9.71. The van der Waals surface area contributed by atoms with E-state index in [2.05, 4.69) is 0 Å². The van der Waals surface area contributed by atoms with Crippen LogP contribution in [0, 0.1) is 0 Å². The molecule has 0 radical (unpaired) electrons. The lowest BCUT2D eigenvalue weighted by Crippen LogP contribution is -2.17. The van der Waals surface area contributed by atoms with Gasteiger partial charge in [-0.15, -0.1) is 0 Å². The Hall–Kier alpha value is -0.900. The van der Waals surface area contributed by atoms with Gasteiger partial charge in [-0.25, -0.2) is 0 Å². The minimum absolute atomic E-state index is 0.143. The molecule has 0 saturated heterocycles. The second-order valence-corrected chi connectivity index (χ2v) is 2.92. The third-order valence-electron chi connectivity index (χ3n) is 1.80. The molecule has 0 aromatic heterocycles. The maximum absolute atomic E-state index is 9.43. The summed E-state index contributed by atoms with van der Waals surface area (Å²) in [6.07, 6.45) is -0.294.